The van der Waals surface area contributed by atoms with Crippen molar-refractivity contribution in [3.63, 3.8) is 0 Å². The fraction of sp³-hybridized carbons (Fsp3) is 0.250. The molecule has 0 aromatic carbocycles. The number of hydrogen-bond acceptors (Lipinski definition) is 1. The van der Waals surface area contributed by atoms with E-state index in [-0.39, 0.29) is 0 Å². The normalized spacial score (nSPS) is 28.7. The van der Waals surface area contributed by atoms with E-state index in [4.69, 9.17) is 0 Å². The van der Waals surface area contributed by atoms with Crippen molar-refractivity contribution in [1.29, 1.82) is 0 Å². The van der Waals surface area contributed by atoms with Crippen LogP contribution in [0.4, 0.5) is 0 Å². The Morgan fingerprint density at radius 3 is 3.20 bits per heavy atom. The third-order valence-corrected chi connectivity index (χ3v) is 2.50. The van der Waals surface area contributed by atoms with Crippen LogP contribution in [-0.4, -0.2) is 9.66 Å². The summed E-state index contributed by atoms with van der Waals surface area (Å²) in [6.45, 7) is 1.14. The molecular formula is C8H8IN. The largest absolute Gasteiger partial charge is 0.320 e. The summed E-state index contributed by atoms with van der Waals surface area (Å²) in [5, 5.41) is 0. The predicted octanol–water partition coefficient (Wildman–Crippen LogP) is 2.28. The van der Waals surface area contributed by atoms with E-state index in [1.807, 2.05) is 0 Å². The van der Waals surface area contributed by atoms with Crippen molar-refractivity contribution in [3.05, 3.63) is 36.1 Å². The number of halogens is 1. The van der Waals surface area contributed by atoms with Gasteiger partial charge in [-0.2, -0.15) is 0 Å². The Hall–Kier alpha value is -0.250. The van der Waals surface area contributed by atoms with Gasteiger partial charge in [0.1, 0.15) is 0 Å². The molecule has 1 nitrogen and oxygen atoms in total. The van der Waals surface area contributed by atoms with Crippen LogP contribution in [0.3, 0.4) is 0 Å². The molecule has 1 heterocycles. The molecule has 10 heavy (non-hydrogen) atoms. The van der Waals surface area contributed by atoms with Gasteiger partial charge in [-0.1, -0.05) is 24.3 Å². The Balaban J connectivity index is 2.29. The Labute approximate surface area is 74.6 Å². The summed E-state index contributed by atoms with van der Waals surface area (Å²) in [6.07, 6.45) is 10.9. The predicted molar refractivity (Wildman–Crippen MR) is 50.6 cm³/mol. The van der Waals surface area contributed by atoms with Crippen molar-refractivity contribution in [1.82, 2.24) is 3.11 Å². The van der Waals surface area contributed by atoms with Crippen molar-refractivity contribution in [3.8, 4) is 0 Å². The van der Waals surface area contributed by atoms with Gasteiger partial charge in [-0.25, -0.2) is 0 Å². The van der Waals surface area contributed by atoms with Gasteiger partial charge < -0.3 is 3.11 Å². The monoisotopic (exact) mass is 245 g/mol. The Morgan fingerprint density at radius 2 is 2.40 bits per heavy atom. The molecule has 0 amide bonds. The molecule has 0 saturated carbocycles. The lowest BCUT2D eigenvalue weighted by Crippen LogP contribution is -2.06. The second-order valence-electron chi connectivity index (χ2n) is 2.56. The first-order chi connectivity index (χ1) is 4.86. The maximum atomic E-state index is 2.33. The number of hydrogen-bond donors (Lipinski definition) is 0. The second kappa shape index (κ2) is 2.42. The molecule has 1 aliphatic heterocycles. The summed E-state index contributed by atoms with van der Waals surface area (Å²) in [6, 6.07) is 0. The zero-order valence-corrected chi connectivity index (χ0v) is 7.65. The van der Waals surface area contributed by atoms with E-state index < -0.39 is 0 Å². The third-order valence-electron chi connectivity index (χ3n) is 1.83. The number of nitrogens with zero attached hydrogens (tertiary/aromatic N) is 1. The highest BCUT2D eigenvalue weighted by molar-refractivity contribution is 14.1. The van der Waals surface area contributed by atoms with Crippen LogP contribution in [0.1, 0.15) is 0 Å². The molecule has 0 spiro atoms. The van der Waals surface area contributed by atoms with Gasteiger partial charge in [0.2, 0.25) is 0 Å². The second-order valence-corrected chi connectivity index (χ2v) is 3.80. The molecule has 2 rings (SSSR count). The molecular weight excluding hydrogens is 237 g/mol. The highest BCUT2D eigenvalue weighted by Gasteiger charge is 2.19. The summed E-state index contributed by atoms with van der Waals surface area (Å²) < 4.78 is 2.21. The van der Waals surface area contributed by atoms with Crippen molar-refractivity contribution in [2.75, 3.05) is 6.54 Å². The minimum atomic E-state index is 0.655. The van der Waals surface area contributed by atoms with Crippen molar-refractivity contribution in [2.45, 2.75) is 0 Å². The molecule has 1 atom stereocenters. The minimum absolute atomic E-state index is 0.655. The fourth-order valence-electron chi connectivity index (χ4n) is 1.31. The van der Waals surface area contributed by atoms with E-state index in [2.05, 4.69) is 56.5 Å². The molecule has 0 saturated heterocycles. The lowest BCUT2D eigenvalue weighted by molar-refractivity contribution is 0.646. The smallest absolute Gasteiger partial charge is 0.0586 e. The molecule has 2 heteroatoms. The summed E-state index contributed by atoms with van der Waals surface area (Å²) in [7, 11) is 0. The van der Waals surface area contributed by atoms with Crippen molar-refractivity contribution < 1.29 is 0 Å². The first-order valence-electron chi connectivity index (χ1n) is 3.35. The van der Waals surface area contributed by atoms with Gasteiger partial charge in [0, 0.05) is 18.7 Å². The standard InChI is InChI=1S/C8H8IN/c9-10-5-7-3-1-2-4-8(7)6-10/h1-5,8H,6H2. The average Bonchev–Trinajstić information content (AvgIpc) is 2.27. The first kappa shape index (κ1) is 6.46. The molecule has 1 aliphatic carbocycles. The number of allylic oxidation sites excluding steroid dienone is 3. The Kier molecular flexibility index (Phi) is 1.56. The SMILES string of the molecule is IN1C=C2C=CC=CC2C1. The molecule has 0 radical (unpaired) electrons. The molecule has 0 fully saturated rings. The third kappa shape index (κ3) is 1.00. The van der Waals surface area contributed by atoms with Gasteiger partial charge in [0.05, 0.1) is 22.9 Å². The molecule has 2 aliphatic rings. The zero-order chi connectivity index (χ0) is 6.97. The van der Waals surface area contributed by atoms with Crippen LogP contribution in [0.5, 0.6) is 0 Å². The van der Waals surface area contributed by atoms with Gasteiger partial charge in [0.15, 0.2) is 0 Å². The highest BCUT2D eigenvalue weighted by atomic mass is 127. The zero-order valence-electron chi connectivity index (χ0n) is 5.50. The molecule has 0 aromatic heterocycles. The Bertz CT molecular complexity index is 227. The van der Waals surface area contributed by atoms with E-state index in [1.54, 1.807) is 0 Å². The van der Waals surface area contributed by atoms with Crippen LogP contribution in [0.25, 0.3) is 0 Å². The lowest BCUT2D eigenvalue weighted by atomic mass is 9.98. The van der Waals surface area contributed by atoms with E-state index in [1.165, 1.54) is 5.57 Å². The molecule has 0 aromatic rings. The van der Waals surface area contributed by atoms with Crippen LogP contribution in [0.2, 0.25) is 0 Å². The number of rotatable bonds is 0. The summed E-state index contributed by atoms with van der Waals surface area (Å²) >= 11 is 2.33. The van der Waals surface area contributed by atoms with Crippen LogP contribution in [0.15, 0.2) is 36.1 Å². The van der Waals surface area contributed by atoms with E-state index >= 15 is 0 Å². The minimum Gasteiger partial charge on any atom is -0.320 e. The van der Waals surface area contributed by atoms with Crippen LogP contribution in [0, 0.1) is 5.92 Å². The lowest BCUT2D eigenvalue weighted by Gasteiger charge is -2.08. The van der Waals surface area contributed by atoms with Gasteiger partial charge >= 0.3 is 0 Å². The van der Waals surface area contributed by atoms with Crippen molar-refractivity contribution >= 4 is 22.9 Å². The maximum Gasteiger partial charge on any atom is 0.0586 e. The van der Waals surface area contributed by atoms with Gasteiger partial charge in [-0.15, -0.1) is 0 Å². The van der Waals surface area contributed by atoms with Crippen LogP contribution in [-0.2, 0) is 0 Å². The Morgan fingerprint density at radius 1 is 1.50 bits per heavy atom. The van der Waals surface area contributed by atoms with E-state index in [9.17, 15) is 0 Å². The summed E-state index contributed by atoms with van der Waals surface area (Å²) in [4.78, 5) is 0. The highest BCUT2D eigenvalue weighted by Crippen LogP contribution is 2.28. The molecule has 0 bridgehead atoms. The maximum absolute atomic E-state index is 2.33. The van der Waals surface area contributed by atoms with E-state index in [0.717, 1.165) is 6.54 Å². The quantitative estimate of drug-likeness (QED) is 0.467. The average molecular weight is 245 g/mol. The number of fused-ring (bicyclic) bond motifs is 1. The molecule has 52 valence electrons. The van der Waals surface area contributed by atoms with E-state index in [0.29, 0.717) is 5.92 Å². The summed E-state index contributed by atoms with van der Waals surface area (Å²) in [5.41, 5.74) is 1.44. The first-order valence-corrected chi connectivity index (χ1v) is 4.32. The van der Waals surface area contributed by atoms with Gasteiger partial charge in [-0.3, -0.25) is 0 Å². The topological polar surface area (TPSA) is 3.24 Å². The van der Waals surface area contributed by atoms with Crippen molar-refractivity contribution in [2.24, 2.45) is 5.92 Å². The molecule has 0 N–H and O–H groups in total. The van der Waals surface area contributed by atoms with Gasteiger partial charge in [0.25, 0.3) is 0 Å². The molecule has 1 unspecified atom stereocenters. The summed E-state index contributed by atoms with van der Waals surface area (Å²) in [5.74, 6) is 0.655. The fourth-order valence-corrected chi connectivity index (χ4v) is 2.05. The van der Waals surface area contributed by atoms with Crippen LogP contribution < -0.4 is 0 Å². The van der Waals surface area contributed by atoms with Gasteiger partial charge in [-0.05, 0) is 5.57 Å². The van der Waals surface area contributed by atoms with Crippen LogP contribution >= 0.6 is 22.9 Å².